The number of benzene rings is 1. The SMILES string of the molecule is CCOC(=O)c1sc2nc(SC)nc(-c3cccc(OCCCC(C)=O)c3)c2c1N. The summed E-state index contributed by atoms with van der Waals surface area (Å²) in [6, 6.07) is 7.51. The monoisotopic (exact) mass is 445 g/mol. The number of aromatic nitrogens is 2. The molecular formula is C21H23N3O4S2. The van der Waals surface area contributed by atoms with Gasteiger partial charge in [-0.15, -0.1) is 11.3 Å². The van der Waals surface area contributed by atoms with Crippen LogP contribution in [-0.2, 0) is 9.53 Å². The molecule has 3 aromatic rings. The number of ketones is 1. The number of carbonyl (C=O) groups is 2. The maximum absolute atomic E-state index is 12.3. The van der Waals surface area contributed by atoms with Crippen LogP contribution in [0.2, 0.25) is 0 Å². The molecule has 0 atom stereocenters. The van der Waals surface area contributed by atoms with Crippen molar-refractivity contribution in [3.8, 4) is 17.0 Å². The van der Waals surface area contributed by atoms with Gasteiger partial charge in [-0.25, -0.2) is 14.8 Å². The van der Waals surface area contributed by atoms with Gasteiger partial charge >= 0.3 is 5.97 Å². The van der Waals surface area contributed by atoms with Crippen LogP contribution in [0, 0.1) is 0 Å². The van der Waals surface area contributed by atoms with Gasteiger partial charge in [0, 0.05) is 12.0 Å². The zero-order valence-electron chi connectivity index (χ0n) is 17.1. The molecule has 2 heterocycles. The highest BCUT2D eigenvalue weighted by Crippen LogP contribution is 2.40. The largest absolute Gasteiger partial charge is 0.494 e. The van der Waals surface area contributed by atoms with Crippen LogP contribution >= 0.6 is 23.1 Å². The van der Waals surface area contributed by atoms with Crippen LogP contribution in [0.15, 0.2) is 29.4 Å². The van der Waals surface area contributed by atoms with Crippen LogP contribution in [-0.4, -0.2) is 41.2 Å². The van der Waals surface area contributed by atoms with Crippen molar-refractivity contribution in [2.75, 3.05) is 25.2 Å². The topological polar surface area (TPSA) is 104 Å². The fraction of sp³-hybridized carbons (Fsp3) is 0.333. The Labute approximate surface area is 183 Å². The van der Waals surface area contributed by atoms with Gasteiger partial charge < -0.3 is 20.0 Å². The number of Topliss-reactive ketones (excluding diaryl/α,β-unsaturated/α-hetero) is 1. The highest BCUT2D eigenvalue weighted by molar-refractivity contribution is 7.98. The molecule has 0 spiro atoms. The first-order valence-corrected chi connectivity index (χ1v) is 11.5. The Hall–Kier alpha value is -2.65. The molecule has 158 valence electrons. The molecule has 9 heteroatoms. The summed E-state index contributed by atoms with van der Waals surface area (Å²) in [6.07, 6.45) is 3.04. The lowest BCUT2D eigenvalue weighted by atomic mass is 10.1. The minimum Gasteiger partial charge on any atom is -0.494 e. The molecule has 2 aromatic heterocycles. The predicted molar refractivity (Wildman–Crippen MR) is 120 cm³/mol. The van der Waals surface area contributed by atoms with E-state index in [1.54, 1.807) is 13.8 Å². The number of hydrogen-bond acceptors (Lipinski definition) is 9. The number of nitrogen functional groups attached to an aromatic ring is 1. The molecule has 0 aliphatic heterocycles. The van der Waals surface area contributed by atoms with E-state index >= 15 is 0 Å². The average Bonchev–Trinajstić information content (AvgIpc) is 3.07. The zero-order chi connectivity index (χ0) is 21.7. The van der Waals surface area contributed by atoms with Crippen molar-refractivity contribution in [1.29, 1.82) is 0 Å². The summed E-state index contributed by atoms with van der Waals surface area (Å²) >= 11 is 2.62. The number of nitrogens with zero attached hydrogens (tertiary/aromatic N) is 2. The molecule has 30 heavy (non-hydrogen) atoms. The Balaban J connectivity index is 2.01. The van der Waals surface area contributed by atoms with E-state index in [2.05, 4.69) is 9.97 Å². The summed E-state index contributed by atoms with van der Waals surface area (Å²) < 4.78 is 10.9. The molecule has 1 aromatic carbocycles. The third kappa shape index (κ3) is 4.91. The second kappa shape index (κ2) is 9.90. The Morgan fingerprint density at radius 2 is 2.07 bits per heavy atom. The number of fused-ring (bicyclic) bond motifs is 1. The second-order valence-electron chi connectivity index (χ2n) is 6.49. The molecule has 0 unspecified atom stereocenters. The Morgan fingerprint density at radius 1 is 1.27 bits per heavy atom. The first kappa shape index (κ1) is 22.0. The van der Waals surface area contributed by atoms with E-state index in [0.29, 0.717) is 56.8 Å². The zero-order valence-corrected chi connectivity index (χ0v) is 18.7. The van der Waals surface area contributed by atoms with Gasteiger partial charge in [0.25, 0.3) is 0 Å². The summed E-state index contributed by atoms with van der Waals surface area (Å²) in [4.78, 5) is 33.5. The number of ether oxygens (including phenoxy) is 2. The van der Waals surface area contributed by atoms with E-state index in [9.17, 15) is 9.59 Å². The predicted octanol–water partition coefficient (Wildman–Crippen LogP) is 4.59. The lowest BCUT2D eigenvalue weighted by Gasteiger charge is -2.09. The number of rotatable bonds is 9. The fourth-order valence-corrected chi connectivity index (χ4v) is 4.31. The quantitative estimate of drug-likeness (QED) is 0.221. The summed E-state index contributed by atoms with van der Waals surface area (Å²) in [7, 11) is 0. The number of anilines is 1. The molecule has 0 saturated heterocycles. The van der Waals surface area contributed by atoms with Gasteiger partial charge in [-0.05, 0) is 38.7 Å². The summed E-state index contributed by atoms with van der Waals surface area (Å²) in [6.45, 7) is 4.04. The minimum atomic E-state index is -0.461. The Morgan fingerprint density at radius 3 is 2.77 bits per heavy atom. The van der Waals surface area contributed by atoms with Crippen LogP contribution in [0.3, 0.4) is 0 Å². The van der Waals surface area contributed by atoms with Gasteiger partial charge in [-0.1, -0.05) is 23.9 Å². The maximum atomic E-state index is 12.3. The molecule has 0 radical (unpaired) electrons. The summed E-state index contributed by atoms with van der Waals surface area (Å²) in [5, 5.41) is 1.22. The third-order valence-electron chi connectivity index (χ3n) is 4.26. The van der Waals surface area contributed by atoms with Crippen molar-refractivity contribution in [2.45, 2.75) is 31.8 Å². The lowest BCUT2D eigenvalue weighted by Crippen LogP contribution is -2.05. The van der Waals surface area contributed by atoms with Crippen molar-refractivity contribution in [3.63, 3.8) is 0 Å². The van der Waals surface area contributed by atoms with Crippen LogP contribution < -0.4 is 10.5 Å². The van der Waals surface area contributed by atoms with Crippen LogP contribution in [0.1, 0.15) is 36.4 Å². The number of thiophene rings is 1. The lowest BCUT2D eigenvalue weighted by molar-refractivity contribution is -0.117. The first-order valence-electron chi connectivity index (χ1n) is 9.48. The average molecular weight is 446 g/mol. The fourth-order valence-electron chi connectivity index (χ4n) is 2.90. The standard InChI is InChI=1S/C21H23N3O4S2/c1-4-27-20(26)18-16(22)15-17(23-21(29-3)24-19(15)30-18)13-8-5-9-14(11-13)28-10-6-7-12(2)25/h5,8-9,11H,4,6-7,10,22H2,1-3H3. The van der Waals surface area contributed by atoms with Gasteiger partial charge in [-0.3, -0.25) is 0 Å². The molecular weight excluding hydrogens is 422 g/mol. The van der Waals surface area contributed by atoms with Crippen LogP contribution in [0.5, 0.6) is 5.75 Å². The number of esters is 1. The molecule has 0 saturated carbocycles. The van der Waals surface area contributed by atoms with Crippen molar-refractivity contribution < 1.29 is 19.1 Å². The highest BCUT2D eigenvalue weighted by Gasteiger charge is 2.23. The summed E-state index contributed by atoms with van der Waals surface area (Å²) in [5.41, 5.74) is 8.10. The maximum Gasteiger partial charge on any atom is 0.350 e. The third-order valence-corrected chi connectivity index (χ3v) is 5.89. The van der Waals surface area contributed by atoms with E-state index in [1.807, 2.05) is 30.5 Å². The van der Waals surface area contributed by atoms with Gasteiger partial charge in [0.2, 0.25) is 0 Å². The molecule has 0 aliphatic rings. The number of carbonyl (C=O) groups excluding carboxylic acids is 2. The molecule has 0 amide bonds. The molecule has 3 rings (SSSR count). The van der Waals surface area contributed by atoms with Crippen molar-refractivity contribution in [3.05, 3.63) is 29.1 Å². The molecule has 0 fully saturated rings. The van der Waals surface area contributed by atoms with E-state index in [0.717, 1.165) is 5.56 Å². The van der Waals surface area contributed by atoms with Crippen molar-refractivity contribution in [1.82, 2.24) is 9.97 Å². The van der Waals surface area contributed by atoms with E-state index < -0.39 is 5.97 Å². The van der Waals surface area contributed by atoms with Crippen molar-refractivity contribution >= 4 is 50.8 Å². The number of thioether (sulfide) groups is 1. The van der Waals surface area contributed by atoms with Gasteiger partial charge in [0.1, 0.15) is 21.2 Å². The molecule has 2 N–H and O–H groups in total. The van der Waals surface area contributed by atoms with Gasteiger partial charge in [0.05, 0.1) is 30.0 Å². The molecule has 0 aliphatic carbocycles. The van der Waals surface area contributed by atoms with Crippen LogP contribution in [0.4, 0.5) is 5.69 Å². The Bertz CT molecular complexity index is 1080. The van der Waals surface area contributed by atoms with Gasteiger partial charge in [0.15, 0.2) is 5.16 Å². The van der Waals surface area contributed by atoms with Crippen LogP contribution in [0.25, 0.3) is 21.5 Å². The van der Waals surface area contributed by atoms with Gasteiger partial charge in [-0.2, -0.15) is 0 Å². The smallest absolute Gasteiger partial charge is 0.350 e. The summed E-state index contributed by atoms with van der Waals surface area (Å²) in [5.74, 6) is 0.357. The van der Waals surface area contributed by atoms with Crippen molar-refractivity contribution in [2.24, 2.45) is 0 Å². The number of nitrogens with two attached hydrogens (primary N) is 1. The second-order valence-corrected chi connectivity index (χ2v) is 8.26. The minimum absolute atomic E-state index is 0.144. The number of hydrogen-bond donors (Lipinski definition) is 1. The van der Waals surface area contributed by atoms with E-state index in [1.165, 1.54) is 23.1 Å². The van der Waals surface area contributed by atoms with E-state index in [4.69, 9.17) is 15.2 Å². The molecule has 0 bridgehead atoms. The van der Waals surface area contributed by atoms with E-state index in [-0.39, 0.29) is 12.4 Å². The first-order chi connectivity index (χ1) is 14.4. The highest BCUT2D eigenvalue weighted by atomic mass is 32.2. The molecule has 7 nitrogen and oxygen atoms in total. The normalized spacial score (nSPS) is 10.9. The Kier molecular flexibility index (Phi) is 7.28.